The van der Waals surface area contributed by atoms with Crippen LogP contribution in [-0.4, -0.2) is 37.4 Å². The van der Waals surface area contributed by atoms with Crippen LogP contribution in [0.5, 0.6) is 23.0 Å². The number of aryl methyl sites for hydroxylation is 1. The van der Waals surface area contributed by atoms with Gasteiger partial charge in [0.1, 0.15) is 61.6 Å². The third-order valence-electron chi connectivity index (χ3n) is 10.6. The quantitative estimate of drug-likeness (QED) is 0.0700. The molecule has 0 aliphatic carbocycles. The highest BCUT2D eigenvalue weighted by molar-refractivity contribution is 6.32. The molecule has 0 fully saturated rings. The number of pyridine rings is 2. The molecule has 0 amide bonds. The van der Waals surface area contributed by atoms with E-state index in [1.54, 1.807) is 48.8 Å². The van der Waals surface area contributed by atoms with Crippen LogP contribution in [0, 0.1) is 42.4 Å². The molecular weight excluding hydrogens is 843 g/mol. The van der Waals surface area contributed by atoms with E-state index in [-0.39, 0.29) is 45.9 Å². The van der Waals surface area contributed by atoms with Crippen LogP contribution in [0.2, 0.25) is 10.0 Å². The third kappa shape index (κ3) is 11.6. The van der Waals surface area contributed by atoms with E-state index in [4.69, 9.17) is 42.1 Å². The number of aliphatic hydroxyl groups is 2. The number of hydrogen-bond donors (Lipinski definition) is 3. The molecule has 0 bridgehead atoms. The summed E-state index contributed by atoms with van der Waals surface area (Å²) < 4.78 is 24.8. The van der Waals surface area contributed by atoms with Gasteiger partial charge in [0, 0.05) is 53.6 Å². The molecular formula is C49H44Cl2N4O8. The molecule has 63 heavy (non-hydrogen) atoms. The van der Waals surface area contributed by atoms with E-state index in [2.05, 4.69) is 22.1 Å². The number of benzene rings is 4. The maximum atomic E-state index is 11.8. The largest absolute Gasteiger partial charge is 0.488 e. The summed E-state index contributed by atoms with van der Waals surface area (Å²) >= 11 is 13.4. The highest BCUT2D eigenvalue weighted by atomic mass is 35.5. The van der Waals surface area contributed by atoms with Gasteiger partial charge in [-0.05, 0) is 96.8 Å². The zero-order valence-electron chi connectivity index (χ0n) is 34.8. The number of carboxylic acid groups (broad SMARTS) is 1. The van der Waals surface area contributed by atoms with Crippen molar-refractivity contribution in [2.75, 3.05) is 0 Å². The third-order valence-corrected chi connectivity index (χ3v) is 11.2. The molecule has 2 atom stereocenters. The highest BCUT2D eigenvalue weighted by Gasteiger charge is 2.24. The Balaban J connectivity index is 1.19. The zero-order valence-corrected chi connectivity index (χ0v) is 36.3. The smallest absolute Gasteiger partial charge is 0.309 e. The van der Waals surface area contributed by atoms with Crippen LogP contribution in [0.15, 0.2) is 97.6 Å². The van der Waals surface area contributed by atoms with Crippen molar-refractivity contribution in [2.45, 2.75) is 72.8 Å². The Morgan fingerprint density at radius 3 is 1.57 bits per heavy atom. The summed E-state index contributed by atoms with van der Waals surface area (Å²) in [5.74, 6) is -0.547. The normalized spacial score (nSPS) is 11.8. The summed E-state index contributed by atoms with van der Waals surface area (Å²) in [5.41, 5.74) is 9.10. The van der Waals surface area contributed by atoms with Gasteiger partial charge in [-0.1, -0.05) is 59.6 Å². The standard InChI is InChI=1S/C49H44Cl2N4O8/c1-29-37(27-62-47-16-45(60-25-34-12-32(18-52)20-54-22-34)36(14-43(47)50)10-11-42(31(3)57)49(58)59)6-4-8-40(29)41-9-5-7-38(30(41)2)28-63-48-17-46(39(24-56)15-44(48)51)61-26-35-13-33(19-53)21-55-23-35/h4-9,12-17,20-23,31,42,56-57H,10-11,24-28H2,1-3H3,(H,58,59)/t31-,42-/m0/s1. The predicted molar refractivity (Wildman–Crippen MR) is 237 cm³/mol. The van der Waals surface area contributed by atoms with Crippen molar-refractivity contribution >= 4 is 29.2 Å². The maximum absolute atomic E-state index is 11.8. The lowest BCUT2D eigenvalue weighted by Gasteiger charge is -2.19. The second kappa shape index (κ2) is 21.4. The van der Waals surface area contributed by atoms with Crippen LogP contribution in [0.1, 0.15) is 69.0 Å². The molecule has 0 saturated carbocycles. The number of ether oxygens (including phenoxy) is 4. The highest BCUT2D eigenvalue weighted by Crippen LogP contribution is 2.38. The summed E-state index contributed by atoms with van der Waals surface area (Å²) in [6, 6.07) is 26.1. The molecule has 2 aromatic heterocycles. The molecule has 0 saturated heterocycles. The number of aromatic nitrogens is 2. The van der Waals surface area contributed by atoms with Crippen molar-refractivity contribution < 1.29 is 39.1 Å². The lowest BCUT2D eigenvalue weighted by Crippen LogP contribution is -2.26. The summed E-state index contributed by atoms with van der Waals surface area (Å²) in [7, 11) is 0. The number of carboxylic acids is 1. The molecule has 14 heteroatoms. The summed E-state index contributed by atoms with van der Waals surface area (Å²) in [5, 5.41) is 48.9. The second-order valence-electron chi connectivity index (χ2n) is 14.9. The molecule has 2 heterocycles. The molecule has 3 N–H and O–H groups in total. The topological polar surface area (TPSA) is 188 Å². The van der Waals surface area contributed by atoms with Gasteiger partial charge in [-0.3, -0.25) is 14.8 Å². The van der Waals surface area contributed by atoms with Gasteiger partial charge in [-0.25, -0.2) is 0 Å². The van der Waals surface area contributed by atoms with Gasteiger partial charge in [0.05, 0.1) is 39.8 Å². The lowest BCUT2D eigenvalue weighted by molar-refractivity contribution is -0.145. The number of nitriles is 2. The number of nitrogens with zero attached hydrogens (tertiary/aromatic N) is 4. The van der Waals surface area contributed by atoms with E-state index in [9.17, 15) is 30.6 Å². The van der Waals surface area contributed by atoms with E-state index < -0.39 is 18.0 Å². The van der Waals surface area contributed by atoms with Crippen molar-refractivity contribution in [1.82, 2.24) is 9.97 Å². The van der Waals surface area contributed by atoms with E-state index in [0.29, 0.717) is 66.4 Å². The molecule has 0 aliphatic rings. The first kappa shape index (κ1) is 45.8. The molecule has 0 radical (unpaired) electrons. The first-order valence-corrected chi connectivity index (χ1v) is 20.7. The van der Waals surface area contributed by atoms with E-state index >= 15 is 0 Å². The summed E-state index contributed by atoms with van der Waals surface area (Å²) in [6.45, 7) is 5.77. The Bertz CT molecular complexity index is 2690. The molecule has 12 nitrogen and oxygen atoms in total. The summed E-state index contributed by atoms with van der Waals surface area (Å²) in [6.07, 6.45) is 5.48. The number of aliphatic carboxylic acids is 1. The van der Waals surface area contributed by atoms with Gasteiger partial charge < -0.3 is 34.3 Å². The van der Waals surface area contributed by atoms with E-state index in [0.717, 1.165) is 33.4 Å². The van der Waals surface area contributed by atoms with Crippen LogP contribution in [0.25, 0.3) is 11.1 Å². The summed E-state index contributed by atoms with van der Waals surface area (Å²) in [4.78, 5) is 20.0. The Labute approximate surface area is 375 Å². The Morgan fingerprint density at radius 2 is 1.13 bits per heavy atom. The lowest BCUT2D eigenvalue weighted by atomic mass is 9.92. The Hall–Kier alpha value is -6.67. The number of carbonyl (C=O) groups is 1. The minimum Gasteiger partial charge on any atom is -0.488 e. The fourth-order valence-electron chi connectivity index (χ4n) is 6.99. The number of aliphatic hydroxyl groups excluding tert-OH is 2. The van der Waals surface area contributed by atoms with Crippen molar-refractivity contribution in [3.05, 3.63) is 163 Å². The molecule has 6 rings (SSSR count). The number of rotatable bonds is 19. The SMILES string of the molecule is Cc1c(COc2cc(OCc3cncc(C#N)c3)c(CO)cc2Cl)cccc1-c1cccc(COc2cc(OCc3cncc(C#N)c3)c(CC[C@H](C(=O)O)[C@H](C)O)cc2Cl)c1C. The van der Waals surface area contributed by atoms with Gasteiger partial charge >= 0.3 is 5.97 Å². The monoisotopic (exact) mass is 886 g/mol. The van der Waals surface area contributed by atoms with Gasteiger partial charge in [0.15, 0.2) is 0 Å². The van der Waals surface area contributed by atoms with Crippen LogP contribution in [0.3, 0.4) is 0 Å². The molecule has 6 aromatic rings. The second-order valence-corrected chi connectivity index (χ2v) is 15.7. The first-order valence-electron chi connectivity index (χ1n) is 19.9. The van der Waals surface area contributed by atoms with Crippen LogP contribution >= 0.6 is 23.2 Å². The molecule has 0 unspecified atom stereocenters. The van der Waals surface area contributed by atoms with Gasteiger partial charge in [0.25, 0.3) is 0 Å². The van der Waals surface area contributed by atoms with E-state index in [1.165, 1.54) is 19.3 Å². The molecule has 0 aliphatic heterocycles. The Morgan fingerprint density at radius 1 is 0.667 bits per heavy atom. The van der Waals surface area contributed by atoms with Crippen LogP contribution in [-0.2, 0) is 44.2 Å². The molecule has 0 spiro atoms. The minimum absolute atomic E-state index is 0.0803. The van der Waals surface area contributed by atoms with Crippen LogP contribution < -0.4 is 18.9 Å². The van der Waals surface area contributed by atoms with Crippen molar-refractivity contribution in [3.63, 3.8) is 0 Å². The van der Waals surface area contributed by atoms with Gasteiger partial charge in [0.2, 0.25) is 0 Å². The van der Waals surface area contributed by atoms with Crippen LogP contribution in [0.4, 0.5) is 0 Å². The number of hydrogen-bond acceptors (Lipinski definition) is 11. The fraction of sp³-hybridized carbons (Fsp3) is 0.245. The van der Waals surface area contributed by atoms with Crippen molar-refractivity contribution in [2.24, 2.45) is 5.92 Å². The minimum atomic E-state index is -1.10. The molecule has 4 aromatic carbocycles. The molecule has 322 valence electrons. The first-order chi connectivity index (χ1) is 30.4. The predicted octanol–water partition coefficient (Wildman–Crippen LogP) is 9.63. The van der Waals surface area contributed by atoms with Crippen molar-refractivity contribution in [1.29, 1.82) is 10.5 Å². The van der Waals surface area contributed by atoms with Crippen molar-refractivity contribution in [3.8, 4) is 46.3 Å². The number of halogens is 2. The zero-order chi connectivity index (χ0) is 45.0. The van der Waals surface area contributed by atoms with E-state index in [1.807, 2.05) is 50.2 Å². The van der Waals surface area contributed by atoms with Gasteiger partial charge in [-0.2, -0.15) is 10.5 Å². The average molecular weight is 888 g/mol. The Kier molecular flexibility index (Phi) is 15.6. The fourth-order valence-corrected chi connectivity index (χ4v) is 7.48. The average Bonchev–Trinajstić information content (AvgIpc) is 3.28. The van der Waals surface area contributed by atoms with Gasteiger partial charge in [-0.15, -0.1) is 0 Å². The maximum Gasteiger partial charge on any atom is 0.309 e.